The van der Waals surface area contributed by atoms with Crippen LogP contribution in [-0.2, 0) is 35.4 Å². The van der Waals surface area contributed by atoms with Crippen molar-refractivity contribution in [2.45, 2.75) is 67.5 Å². The van der Waals surface area contributed by atoms with E-state index in [2.05, 4.69) is 244 Å². The Labute approximate surface area is 436 Å². The van der Waals surface area contributed by atoms with Gasteiger partial charge in [-0.05, 0) is 136 Å². The second-order valence-electron chi connectivity index (χ2n) is 19.0. The van der Waals surface area contributed by atoms with Crippen molar-refractivity contribution in [1.82, 2.24) is 18.3 Å². The van der Waals surface area contributed by atoms with Crippen LogP contribution in [0.4, 0.5) is 0 Å². The zero-order valence-corrected chi connectivity index (χ0v) is 44.0. The van der Waals surface area contributed by atoms with Crippen LogP contribution in [-0.4, -0.2) is 31.5 Å². The minimum Gasteiger partial charge on any atom is -0.500 e. The van der Waals surface area contributed by atoms with Gasteiger partial charge in [0.05, 0.1) is 47.7 Å². The molecule has 372 valence electrons. The van der Waals surface area contributed by atoms with Crippen molar-refractivity contribution in [2.24, 2.45) is 0 Å². The first-order chi connectivity index (χ1) is 36.1. The zero-order chi connectivity index (χ0) is 51.9. The molecular weight excluding hydrogens is 905 g/mol. The first-order valence-corrected chi connectivity index (χ1v) is 25.8. The molecule has 0 saturated heterocycles. The van der Waals surface area contributed by atoms with Gasteiger partial charge in [0, 0.05) is 77.6 Å². The van der Waals surface area contributed by atoms with Crippen molar-refractivity contribution < 1.29 is 9.47 Å². The molecule has 0 atom stereocenters. The molecule has 4 heterocycles. The number of rotatable bonds is 12. The van der Waals surface area contributed by atoms with E-state index >= 15 is 0 Å². The molecule has 12 rings (SSSR count). The van der Waals surface area contributed by atoms with E-state index in [4.69, 9.17) is 9.47 Å². The predicted octanol–water partition coefficient (Wildman–Crippen LogP) is 18.1. The summed E-state index contributed by atoms with van der Waals surface area (Å²) in [6, 6.07) is 56.8. The third-order valence-corrected chi connectivity index (χ3v) is 14.2. The molecule has 6 nitrogen and oxygen atoms in total. The zero-order valence-electron chi connectivity index (χ0n) is 44.0. The second-order valence-corrected chi connectivity index (χ2v) is 19.0. The van der Waals surface area contributed by atoms with E-state index in [-0.39, 0.29) is 0 Å². The average Bonchev–Trinajstić information content (AvgIpc) is 4.13. The van der Waals surface area contributed by atoms with Crippen LogP contribution < -0.4 is 0 Å². The summed E-state index contributed by atoms with van der Waals surface area (Å²) in [4.78, 5) is 0. The molecule has 0 fully saturated rings. The quantitative estimate of drug-likeness (QED) is 0.0904. The molecule has 0 unspecified atom stereocenters. The van der Waals surface area contributed by atoms with Crippen LogP contribution in [0.1, 0.15) is 47.2 Å². The standard InChI is InChI=1S/C18H19NO.C18H19N.C17H17NO.C15H13N/c1-4-20-10-9-19-17-7-5-13(2)11-15(17)16-12-14(3)6-8-18(16)19;1-4-13-7-9-17-15(11-13)16-12-14(5-2)8-10-18(16)19(17)6-3;1-3-19-11-10-18-16-7-5-4-6-14(16)15-12-13(2)8-9-17(15)18;1-3-16-14-7-5-4-6-12(14)13-9-8-11(2)10-15(13)16/h4-8,11-12H,1,9-10H2,2-3H3;6-12H,3-5H2,1-2H3;3-9,12H,1,10-11H2,2H3;3-10H,1H2,2H3. The Kier molecular flexibility index (Phi) is 15.4. The fraction of sp³-hybridized carbons (Fsp3) is 0.176. The van der Waals surface area contributed by atoms with E-state index < -0.39 is 0 Å². The average molecular weight is 973 g/mol. The van der Waals surface area contributed by atoms with Crippen LogP contribution in [0.3, 0.4) is 0 Å². The molecule has 0 saturated carbocycles. The summed E-state index contributed by atoms with van der Waals surface area (Å²) in [7, 11) is 0. The topological polar surface area (TPSA) is 38.2 Å². The highest BCUT2D eigenvalue weighted by Gasteiger charge is 2.13. The largest absolute Gasteiger partial charge is 0.500 e. The fourth-order valence-electron chi connectivity index (χ4n) is 10.5. The summed E-state index contributed by atoms with van der Waals surface area (Å²) < 4.78 is 19.5. The van der Waals surface area contributed by atoms with Crippen LogP contribution in [0, 0.1) is 27.7 Å². The summed E-state index contributed by atoms with van der Waals surface area (Å²) in [5, 5.41) is 10.5. The van der Waals surface area contributed by atoms with Crippen LogP contribution >= 0.6 is 0 Å². The van der Waals surface area contributed by atoms with Gasteiger partial charge < -0.3 is 27.7 Å². The molecule has 0 bridgehead atoms. The van der Waals surface area contributed by atoms with Gasteiger partial charge in [-0.2, -0.15) is 0 Å². The van der Waals surface area contributed by atoms with Crippen molar-refractivity contribution in [3.05, 3.63) is 230 Å². The number of benzene rings is 8. The van der Waals surface area contributed by atoms with E-state index in [0.717, 1.165) is 25.9 Å². The number of aromatic nitrogens is 4. The summed E-state index contributed by atoms with van der Waals surface area (Å²) in [5.41, 5.74) is 17.9. The first kappa shape index (κ1) is 50.5. The molecule has 4 aromatic heterocycles. The van der Waals surface area contributed by atoms with Crippen LogP contribution in [0.15, 0.2) is 197 Å². The van der Waals surface area contributed by atoms with Crippen molar-refractivity contribution >= 4 is 99.6 Å². The molecule has 6 heteroatoms. The summed E-state index contributed by atoms with van der Waals surface area (Å²) in [6.07, 6.45) is 8.93. The first-order valence-electron chi connectivity index (χ1n) is 25.8. The predicted molar refractivity (Wildman–Crippen MR) is 321 cm³/mol. The van der Waals surface area contributed by atoms with Crippen molar-refractivity contribution in [3.8, 4) is 0 Å². The van der Waals surface area contributed by atoms with Gasteiger partial charge in [-0.3, -0.25) is 0 Å². The molecule has 12 aromatic rings. The third kappa shape index (κ3) is 10.0. The van der Waals surface area contributed by atoms with Gasteiger partial charge in [-0.15, -0.1) is 0 Å². The molecule has 0 aliphatic rings. The van der Waals surface area contributed by atoms with Gasteiger partial charge in [0.25, 0.3) is 0 Å². The highest BCUT2D eigenvalue weighted by molar-refractivity contribution is 6.12. The van der Waals surface area contributed by atoms with Crippen molar-refractivity contribution in [1.29, 1.82) is 0 Å². The Morgan fingerprint density at radius 1 is 0.351 bits per heavy atom. The number of ether oxygens (including phenoxy) is 2. The van der Waals surface area contributed by atoms with Crippen LogP contribution in [0.2, 0.25) is 0 Å². The van der Waals surface area contributed by atoms with E-state index in [1.807, 2.05) is 12.4 Å². The highest BCUT2D eigenvalue weighted by atomic mass is 16.5. The van der Waals surface area contributed by atoms with Gasteiger partial charge in [-0.1, -0.05) is 136 Å². The van der Waals surface area contributed by atoms with Gasteiger partial charge in [0.1, 0.15) is 13.2 Å². The number of para-hydroxylation sites is 2. The van der Waals surface area contributed by atoms with Crippen LogP contribution in [0.25, 0.3) is 99.6 Å². The Balaban J connectivity index is 0.000000121. The molecule has 0 N–H and O–H groups in total. The molecule has 0 aliphatic heterocycles. The summed E-state index contributed by atoms with van der Waals surface area (Å²) >= 11 is 0. The number of nitrogens with zero attached hydrogens (tertiary/aromatic N) is 4. The lowest BCUT2D eigenvalue weighted by molar-refractivity contribution is 0.239. The lowest BCUT2D eigenvalue weighted by Crippen LogP contribution is -2.03. The van der Waals surface area contributed by atoms with Gasteiger partial charge in [0.15, 0.2) is 0 Å². The molecule has 0 aliphatic carbocycles. The van der Waals surface area contributed by atoms with E-state index in [1.54, 1.807) is 0 Å². The van der Waals surface area contributed by atoms with Crippen LogP contribution in [0.5, 0.6) is 0 Å². The Bertz CT molecular complexity index is 3900. The lowest BCUT2D eigenvalue weighted by atomic mass is 10.1. The Hall–Kier alpha value is -8.48. The second kappa shape index (κ2) is 22.5. The molecule has 74 heavy (non-hydrogen) atoms. The van der Waals surface area contributed by atoms with Crippen molar-refractivity contribution in [2.75, 3.05) is 13.2 Å². The van der Waals surface area contributed by atoms with Gasteiger partial charge in [0.2, 0.25) is 0 Å². The fourth-order valence-corrected chi connectivity index (χ4v) is 10.5. The lowest BCUT2D eigenvalue weighted by Gasteiger charge is -2.07. The van der Waals surface area contributed by atoms with E-state index in [9.17, 15) is 0 Å². The molecular formula is C68H68N4O2. The number of hydrogen-bond donors (Lipinski definition) is 0. The maximum absolute atomic E-state index is 5.30. The number of hydrogen-bond acceptors (Lipinski definition) is 2. The van der Waals surface area contributed by atoms with Gasteiger partial charge >= 0.3 is 0 Å². The van der Waals surface area contributed by atoms with E-state index in [1.165, 1.54) is 133 Å². The monoisotopic (exact) mass is 973 g/mol. The Morgan fingerprint density at radius 2 is 0.689 bits per heavy atom. The Morgan fingerprint density at radius 3 is 1.15 bits per heavy atom. The number of aryl methyl sites for hydroxylation is 6. The minimum atomic E-state index is 0.643. The molecule has 0 amide bonds. The molecule has 0 radical (unpaired) electrons. The maximum atomic E-state index is 5.30. The third-order valence-electron chi connectivity index (χ3n) is 14.2. The SMILES string of the molecule is C=COCCn1c2ccc(C)cc2c2cc(C)ccc21.C=COCCn1c2ccccc2c2cc(C)ccc21.C=Cn1c2ccc(CC)cc2c2cc(CC)ccc21.C=Cn1c2ccccc2c2ccc(C)cc21. The normalized spacial score (nSPS) is 11.1. The minimum absolute atomic E-state index is 0.643. The summed E-state index contributed by atoms with van der Waals surface area (Å²) in [5.74, 6) is 0. The van der Waals surface area contributed by atoms with Crippen molar-refractivity contribution in [3.63, 3.8) is 0 Å². The highest BCUT2D eigenvalue weighted by Crippen LogP contribution is 2.34. The number of fused-ring (bicyclic) bond motifs is 12. The smallest absolute Gasteiger partial charge is 0.105 e. The molecule has 8 aromatic carbocycles. The van der Waals surface area contributed by atoms with Gasteiger partial charge in [-0.25, -0.2) is 0 Å². The van der Waals surface area contributed by atoms with E-state index in [0.29, 0.717) is 13.2 Å². The molecule has 0 spiro atoms. The maximum Gasteiger partial charge on any atom is 0.105 e. The summed E-state index contributed by atoms with van der Waals surface area (Å²) in [6.45, 7) is 30.9.